The van der Waals surface area contributed by atoms with Gasteiger partial charge in [0.05, 0.1) is 6.54 Å². The summed E-state index contributed by atoms with van der Waals surface area (Å²) < 4.78 is 13.7. The van der Waals surface area contributed by atoms with Crippen LogP contribution in [0.2, 0.25) is 0 Å². The van der Waals surface area contributed by atoms with Crippen molar-refractivity contribution in [1.82, 2.24) is 19.8 Å². The van der Waals surface area contributed by atoms with Crippen molar-refractivity contribution >= 4 is 5.91 Å². The van der Waals surface area contributed by atoms with Gasteiger partial charge in [0.2, 0.25) is 0 Å². The molecule has 2 aromatic rings. The maximum absolute atomic E-state index is 13.7. The number of likely N-dealkylation sites (N-methyl/N-ethyl adjacent to an activating group) is 1. The van der Waals surface area contributed by atoms with E-state index in [0.29, 0.717) is 30.8 Å². The summed E-state index contributed by atoms with van der Waals surface area (Å²) in [4.78, 5) is 25.0. The molecular formula is C18H21FN4O. The average Bonchev–Trinajstić information content (AvgIpc) is 3.08. The highest BCUT2D eigenvalue weighted by molar-refractivity contribution is 5.94. The molecule has 0 radical (unpaired) electrons. The third kappa shape index (κ3) is 3.59. The van der Waals surface area contributed by atoms with Gasteiger partial charge in [0.25, 0.3) is 5.91 Å². The van der Waals surface area contributed by atoms with E-state index in [4.69, 9.17) is 0 Å². The number of amides is 1. The monoisotopic (exact) mass is 328 g/mol. The number of benzene rings is 1. The Morgan fingerprint density at radius 3 is 2.83 bits per heavy atom. The molecule has 0 N–H and O–H groups in total. The highest BCUT2D eigenvalue weighted by atomic mass is 19.1. The fourth-order valence-corrected chi connectivity index (χ4v) is 2.96. The number of rotatable bonds is 4. The van der Waals surface area contributed by atoms with Gasteiger partial charge in [-0.3, -0.25) is 9.69 Å². The maximum Gasteiger partial charge on any atom is 0.254 e. The number of hydrogen-bond acceptors (Lipinski definition) is 4. The van der Waals surface area contributed by atoms with Crippen molar-refractivity contribution in [2.24, 2.45) is 0 Å². The molecule has 1 aromatic carbocycles. The van der Waals surface area contributed by atoms with Gasteiger partial charge >= 0.3 is 0 Å². The molecule has 1 amide bonds. The molecule has 1 aliphatic rings. The first-order valence-electron chi connectivity index (χ1n) is 8.06. The number of carbonyl (C=O) groups excluding carboxylic acids is 1. The van der Waals surface area contributed by atoms with Gasteiger partial charge in [0, 0.05) is 37.1 Å². The molecule has 1 fully saturated rings. The molecule has 0 bridgehead atoms. The molecule has 3 rings (SSSR count). The first kappa shape index (κ1) is 16.5. The molecule has 0 spiro atoms. The largest absolute Gasteiger partial charge is 0.337 e. The summed E-state index contributed by atoms with van der Waals surface area (Å²) in [6.45, 7) is 3.65. The van der Waals surface area contributed by atoms with E-state index in [9.17, 15) is 9.18 Å². The van der Waals surface area contributed by atoms with Crippen LogP contribution in [0.25, 0.3) is 0 Å². The van der Waals surface area contributed by atoms with Crippen LogP contribution >= 0.6 is 0 Å². The molecule has 126 valence electrons. The molecular weight excluding hydrogens is 307 g/mol. The minimum absolute atomic E-state index is 0.110. The van der Waals surface area contributed by atoms with E-state index >= 15 is 0 Å². The lowest BCUT2D eigenvalue weighted by Gasteiger charge is -2.24. The summed E-state index contributed by atoms with van der Waals surface area (Å²) in [6.07, 6.45) is 4.35. The Balaban J connectivity index is 1.62. The summed E-state index contributed by atoms with van der Waals surface area (Å²) in [7, 11) is 2.01. The molecule has 0 saturated carbocycles. The highest BCUT2D eigenvalue weighted by Crippen LogP contribution is 2.19. The van der Waals surface area contributed by atoms with Gasteiger partial charge in [-0.15, -0.1) is 0 Å². The van der Waals surface area contributed by atoms with Gasteiger partial charge in [-0.25, -0.2) is 14.4 Å². The zero-order valence-corrected chi connectivity index (χ0v) is 13.9. The van der Waals surface area contributed by atoms with Crippen LogP contribution in [-0.4, -0.2) is 51.9 Å². The predicted octanol–water partition coefficient (Wildman–Crippen LogP) is 2.27. The zero-order chi connectivity index (χ0) is 17.1. The van der Waals surface area contributed by atoms with E-state index in [1.165, 1.54) is 6.07 Å². The summed E-state index contributed by atoms with van der Waals surface area (Å²) in [5.74, 6) is 0.320. The third-order valence-electron chi connectivity index (χ3n) is 4.50. The van der Waals surface area contributed by atoms with Crippen LogP contribution in [0.5, 0.6) is 0 Å². The predicted molar refractivity (Wildman–Crippen MR) is 88.9 cm³/mol. The van der Waals surface area contributed by atoms with Crippen LogP contribution < -0.4 is 0 Å². The van der Waals surface area contributed by atoms with Crippen molar-refractivity contribution in [3.05, 3.63) is 59.4 Å². The number of halogens is 1. The molecule has 0 aliphatic carbocycles. The van der Waals surface area contributed by atoms with Gasteiger partial charge in [-0.2, -0.15) is 0 Å². The Bertz CT molecular complexity index is 722. The van der Waals surface area contributed by atoms with Crippen LogP contribution in [0.4, 0.5) is 4.39 Å². The molecule has 1 aromatic heterocycles. The SMILES string of the molecule is Cc1ccc(C(=O)N2CC[C@@H](N(C)Cc3ncccn3)C2)cc1F. The van der Waals surface area contributed by atoms with Gasteiger partial charge < -0.3 is 4.90 Å². The Labute approximate surface area is 141 Å². The smallest absolute Gasteiger partial charge is 0.254 e. The summed E-state index contributed by atoms with van der Waals surface area (Å²) >= 11 is 0. The first-order valence-corrected chi connectivity index (χ1v) is 8.06. The molecule has 24 heavy (non-hydrogen) atoms. The fourth-order valence-electron chi connectivity index (χ4n) is 2.96. The number of aryl methyl sites for hydroxylation is 1. The minimum Gasteiger partial charge on any atom is -0.337 e. The summed E-state index contributed by atoms with van der Waals surface area (Å²) in [5.41, 5.74) is 0.959. The normalized spacial score (nSPS) is 17.5. The van der Waals surface area contributed by atoms with Gasteiger partial charge in [0.15, 0.2) is 0 Å². The standard InChI is InChI=1S/C18H21FN4O/c1-13-4-5-14(10-16(13)19)18(24)23-9-6-15(11-23)22(2)12-17-20-7-3-8-21-17/h3-5,7-8,10,15H,6,9,11-12H2,1-2H3/t15-/m1/s1. The van der Waals surface area contributed by atoms with Crippen LogP contribution in [0.15, 0.2) is 36.7 Å². The van der Waals surface area contributed by atoms with Gasteiger partial charge in [0.1, 0.15) is 11.6 Å². The summed E-state index contributed by atoms with van der Waals surface area (Å²) in [6, 6.07) is 6.71. The Kier molecular flexibility index (Phi) is 4.85. The second kappa shape index (κ2) is 7.05. The van der Waals surface area contributed by atoms with Gasteiger partial charge in [-0.05, 0) is 44.2 Å². The van der Waals surface area contributed by atoms with E-state index in [0.717, 1.165) is 12.2 Å². The molecule has 2 heterocycles. The van der Waals surface area contributed by atoms with E-state index in [-0.39, 0.29) is 17.8 Å². The Hall–Kier alpha value is -2.34. The molecule has 5 nitrogen and oxygen atoms in total. The number of likely N-dealkylation sites (tertiary alicyclic amines) is 1. The van der Waals surface area contributed by atoms with Crippen molar-refractivity contribution < 1.29 is 9.18 Å². The topological polar surface area (TPSA) is 49.3 Å². The van der Waals surface area contributed by atoms with Crippen molar-refractivity contribution in [2.75, 3.05) is 20.1 Å². The lowest BCUT2D eigenvalue weighted by atomic mass is 10.1. The number of hydrogen-bond donors (Lipinski definition) is 0. The summed E-state index contributed by atoms with van der Waals surface area (Å²) in [5, 5.41) is 0. The lowest BCUT2D eigenvalue weighted by Crippen LogP contribution is -2.36. The molecule has 1 atom stereocenters. The molecule has 1 saturated heterocycles. The second-order valence-electron chi connectivity index (χ2n) is 6.24. The Morgan fingerprint density at radius 2 is 2.12 bits per heavy atom. The minimum atomic E-state index is -0.338. The lowest BCUT2D eigenvalue weighted by molar-refractivity contribution is 0.0779. The van der Waals surface area contributed by atoms with Crippen molar-refractivity contribution in [1.29, 1.82) is 0 Å². The van der Waals surface area contributed by atoms with Crippen LogP contribution in [0.1, 0.15) is 28.2 Å². The quantitative estimate of drug-likeness (QED) is 0.864. The van der Waals surface area contributed by atoms with Crippen molar-refractivity contribution in [3.8, 4) is 0 Å². The zero-order valence-electron chi connectivity index (χ0n) is 13.9. The van der Waals surface area contributed by atoms with E-state index < -0.39 is 0 Å². The third-order valence-corrected chi connectivity index (χ3v) is 4.50. The van der Waals surface area contributed by atoms with E-state index in [2.05, 4.69) is 14.9 Å². The van der Waals surface area contributed by atoms with Crippen LogP contribution in [0, 0.1) is 12.7 Å². The second-order valence-corrected chi connectivity index (χ2v) is 6.24. The highest BCUT2D eigenvalue weighted by Gasteiger charge is 2.29. The van der Waals surface area contributed by atoms with Crippen molar-refractivity contribution in [2.45, 2.75) is 25.9 Å². The van der Waals surface area contributed by atoms with Crippen LogP contribution in [-0.2, 0) is 6.54 Å². The van der Waals surface area contributed by atoms with E-state index in [1.54, 1.807) is 42.4 Å². The average molecular weight is 328 g/mol. The van der Waals surface area contributed by atoms with E-state index in [1.807, 2.05) is 7.05 Å². The first-order chi connectivity index (χ1) is 11.5. The molecule has 0 unspecified atom stereocenters. The molecule has 1 aliphatic heterocycles. The number of carbonyl (C=O) groups is 1. The molecule has 6 heteroatoms. The Morgan fingerprint density at radius 1 is 1.38 bits per heavy atom. The maximum atomic E-state index is 13.7. The van der Waals surface area contributed by atoms with Gasteiger partial charge in [-0.1, -0.05) is 6.07 Å². The number of aromatic nitrogens is 2. The number of nitrogens with zero attached hydrogens (tertiary/aromatic N) is 4. The van der Waals surface area contributed by atoms with Crippen LogP contribution in [0.3, 0.4) is 0 Å². The fraction of sp³-hybridized carbons (Fsp3) is 0.389. The van der Waals surface area contributed by atoms with Crippen molar-refractivity contribution in [3.63, 3.8) is 0 Å².